The van der Waals surface area contributed by atoms with Crippen molar-refractivity contribution in [3.05, 3.63) is 35.4 Å². The summed E-state index contributed by atoms with van der Waals surface area (Å²) < 4.78 is 0. The van der Waals surface area contributed by atoms with E-state index in [9.17, 15) is 9.59 Å². The fourth-order valence-electron chi connectivity index (χ4n) is 2.34. The molecule has 0 aliphatic heterocycles. The van der Waals surface area contributed by atoms with Crippen molar-refractivity contribution in [2.24, 2.45) is 11.7 Å². The Morgan fingerprint density at radius 1 is 1.14 bits per heavy atom. The fraction of sp³-hybridized carbons (Fsp3) is 0.529. The average molecular weight is 290 g/mol. The third kappa shape index (κ3) is 5.31. The molecule has 1 aromatic rings. The van der Waals surface area contributed by atoms with Gasteiger partial charge in [0.05, 0.1) is 12.6 Å². The molecular weight excluding hydrogens is 264 g/mol. The van der Waals surface area contributed by atoms with Crippen LogP contribution in [0, 0.1) is 5.92 Å². The zero-order valence-electron chi connectivity index (χ0n) is 13.4. The van der Waals surface area contributed by atoms with E-state index >= 15 is 0 Å². The predicted molar refractivity (Wildman–Crippen MR) is 85.2 cm³/mol. The molecule has 116 valence electrons. The van der Waals surface area contributed by atoms with E-state index in [0.717, 1.165) is 6.42 Å². The lowest BCUT2D eigenvalue weighted by Crippen LogP contribution is -2.45. The van der Waals surface area contributed by atoms with Gasteiger partial charge in [0.2, 0.25) is 5.91 Å². The van der Waals surface area contributed by atoms with Crippen LogP contribution in [-0.4, -0.2) is 35.7 Å². The summed E-state index contributed by atoms with van der Waals surface area (Å²) in [5.74, 6) is -0.0155. The molecule has 1 unspecified atom stereocenters. The van der Waals surface area contributed by atoms with E-state index in [1.807, 2.05) is 36.1 Å². The Hall–Kier alpha value is -1.68. The first kappa shape index (κ1) is 17.4. The zero-order valence-corrected chi connectivity index (χ0v) is 13.4. The van der Waals surface area contributed by atoms with E-state index in [-0.39, 0.29) is 18.4 Å². The van der Waals surface area contributed by atoms with Gasteiger partial charge in [-0.15, -0.1) is 0 Å². The van der Waals surface area contributed by atoms with Crippen LogP contribution in [0.3, 0.4) is 0 Å². The maximum atomic E-state index is 12.6. The lowest BCUT2D eigenvalue weighted by Gasteiger charge is -2.28. The summed E-state index contributed by atoms with van der Waals surface area (Å²) in [6.07, 6.45) is 0.950. The van der Waals surface area contributed by atoms with Crippen molar-refractivity contribution in [3.63, 3.8) is 0 Å². The summed E-state index contributed by atoms with van der Waals surface area (Å²) >= 11 is 0. The maximum Gasteiger partial charge on any atom is 0.231 e. The SMILES string of the molecule is CCc1ccc(C(=O)C(C)N(CC(N)=O)CC(C)C)cc1. The number of amides is 1. The normalized spacial score (nSPS) is 12.7. The van der Waals surface area contributed by atoms with Crippen molar-refractivity contribution in [2.75, 3.05) is 13.1 Å². The minimum atomic E-state index is -0.406. The van der Waals surface area contributed by atoms with Crippen LogP contribution in [0.2, 0.25) is 0 Å². The number of hydrogen-bond acceptors (Lipinski definition) is 3. The van der Waals surface area contributed by atoms with Crippen LogP contribution in [-0.2, 0) is 11.2 Å². The van der Waals surface area contributed by atoms with Gasteiger partial charge in [0.25, 0.3) is 0 Å². The fourth-order valence-corrected chi connectivity index (χ4v) is 2.34. The van der Waals surface area contributed by atoms with Crippen LogP contribution in [0.15, 0.2) is 24.3 Å². The Kier molecular flexibility index (Phi) is 6.56. The molecule has 0 aliphatic rings. The number of nitrogens with zero attached hydrogens (tertiary/aromatic N) is 1. The molecule has 1 amide bonds. The number of carbonyl (C=O) groups is 2. The van der Waals surface area contributed by atoms with Gasteiger partial charge in [-0.1, -0.05) is 45.0 Å². The number of hydrogen-bond donors (Lipinski definition) is 1. The minimum absolute atomic E-state index is 0.0274. The summed E-state index contributed by atoms with van der Waals surface area (Å²) in [7, 11) is 0. The molecular formula is C17H26N2O2. The van der Waals surface area contributed by atoms with Crippen LogP contribution < -0.4 is 5.73 Å². The topological polar surface area (TPSA) is 63.4 Å². The Morgan fingerprint density at radius 2 is 1.71 bits per heavy atom. The number of benzene rings is 1. The molecule has 0 saturated carbocycles. The first-order valence-corrected chi connectivity index (χ1v) is 7.50. The summed E-state index contributed by atoms with van der Waals surface area (Å²) in [5, 5.41) is 0. The summed E-state index contributed by atoms with van der Waals surface area (Å²) in [6.45, 7) is 8.81. The standard InChI is InChI=1S/C17H26N2O2/c1-5-14-6-8-15(9-7-14)17(21)13(4)19(10-12(2)3)11-16(18)20/h6-9,12-13H,5,10-11H2,1-4H3,(H2,18,20). The van der Waals surface area contributed by atoms with Gasteiger partial charge >= 0.3 is 0 Å². The molecule has 2 N–H and O–H groups in total. The van der Waals surface area contributed by atoms with Gasteiger partial charge in [-0.05, 0) is 24.8 Å². The first-order chi connectivity index (χ1) is 9.85. The van der Waals surface area contributed by atoms with Crippen LogP contribution in [0.4, 0.5) is 0 Å². The Labute approximate surface area is 127 Å². The molecule has 0 aromatic heterocycles. The molecule has 4 nitrogen and oxygen atoms in total. The number of ketones is 1. The van der Waals surface area contributed by atoms with Crippen LogP contribution in [0.1, 0.15) is 43.6 Å². The molecule has 1 atom stereocenters. The Balaban J connectivity index is 2.87. The highest BCUT2D eigenvalue weighted by Gasteiger charge is 2.24. The van der Waals surface area contributed by atoms with Gasteiger partial charge in [-0.2, -0.15) is 0 Å². The molecule has 21 heavy (non-hydrogen) atoms. The summed E-state index contributed by atoms with van der Waals surface area (Å²) in [6, 6.07) is 7.31. The predicted octanol–water partition coefficient (Wildman–Crippen LogP) is 2.26. The summed E-state index contributed by atoms with van der Waals surface area (Å²) in [5.41, 5.74) is 7.17. The largest absolute Gasteiger partial charge is 0.369 e. The molecule has 0 fully saturated rings. The van der Waals surface area contributed by atoms with Crippen LogP contribution in [0.5, 0.6) is 0 Å². The van der Waals surface area contributed by atoms with Crippen LogP contribution in [0.25, 0.3) is 0 Å². The molecule has 0 saturated heterocycles. The van der Waals surface area contributed by atoms with Gasteiger partial charge in [0.15, 0.2) is 5.78 Å². The van der Waals surface area contributed by atoms with Crippen LogP contribution >= 0.6 is 0 Å². The summed E-state index contributed by atoms with van der Waals surface area (Å²) in [4.78, 5) is 25.6. The lowest BCUT2D eigenvalue weighted by molar-refractivity contribution is -0.119. The molecule has 1 aromatic carbocycles. The minimum Gasteiger partial charge on any atom is -0.369 e. The van der Waals surface area contributed by atoms with E-state index in [1.165, 1.54) is 5.56 Å². The number of carbonyl (C=O) groups excluding carboxylic acids is 2. The molecule has 0 spiro atoms. The van der Waals surface area contributed by atoms with Gasteiger partial charge in [-0.3, -0.25) is 14.5 Å². The third-order valence-electron chi connectivity index (χ3n) is 3.53. The van der Waals surface area contributed by atoms with Crippen molar-refractivity contribution >= 4 is 11.7 Å². The van der Waals surface area contributed by atoms with Crippen molar-refractivity contribution in [1.82, 2.24) is 4.90 Å². The third-order valence-corrected chi connectivity index (χ3v) is 3.53. The highest BCUT2D eigenvalue weighted by atomic mass is 16.1. The second-order valence-electron chi connectivity index (χ2n) is 5.88. The average Bonchev–Trinajstić information content (AvgIpc) is 2.44. The van der Waals surface area contributed by atoms with Crippen molar-refractivity contribution in [2.45, 2.75) is 40.2 Å². The zero-order chi connectivity index (χ0) is 16.0. The van der Waals surface area contributed by atoms with E-state index in [1.54, 1.807) is 0 Å². The van der Waals surface area contributed by atoms with Gasteiger partial charge in [-0.25, -0.2) is 0 Å². The monoisotopic (exact) mass is 290 g/mol. The molecule has 0 radical (unpaired) electrons. The second-order valence-corrected chi connectivity index (χ2v) is 5.88. The maximum absolute atomic E-state index is 12.6. The van der Waals surface area contributed by atoms with E-state index in [2.05, 4.69) is 20.8 Å². The van der Waals surface area contributed by atoms with Crippen molar-refractivity contribution in [1.29, 1.82) is 0 Å². The quantitative estimate of drug-likeness (QED) is 0.747. The van der Waals surface area contributed by atoms with E-state index < -0.39 is 5.91 Å². The first-order valence-electron chi connectivity index (χ1n) is 7.50. The number of primary amides is 1. The molecule has 4 heteroatoms. The lowest BCUT2D eigenvalue weighted by atomic mass is 10.0. The van der Waals surface area contributed by atoms with Gasteiger partial charge in [0.1, 0.15) is 0 Å². The Bertz CT molecular complexity index is 480. The second kappa shape index (κ2) is 7.93. The smallest absolute Gasteiger partial charge is 0.231 e. The van der Waals surface area contributed by atoms with Gasteiger partial charge < -0.3 is 5.73 Å². The number of Topliss-reactive ketones (excluding diaryl/α,β-unsaturated/α-hetero) is 1. The Morgan fingerprint density at radius 3 is 2.14 bits per heavy atom. The van der Waals surface area contributed by atoms with Crippen molar-refractivity contribution in [3.8, 4) is 0 Å². The van der Waals surface area contributed by atoms with E-state index in [0.29, 0.717) is 18.0 Å². The molecule has 1 rings (SSSR count). The highest BCUT2D eigenvalue weighted by Crippen LogP contribution is 2.12. The molecule has 0 heterocycles. The molecule has 0 aliphatic carbocycles. The number of rotatable bonds is 8. The highest BCUT2D eigenvalue weighted by molar-refractivity contribution is 6.00. The number of aryl methyl sites for hydroxylation is 1. The number of nitrogens with two attached hydrogens (primary N) is 1. The van der Waals surface area contributed by atoms with Gasteiger partial charge in [0, 0.05) is 12.1 Å². The van der Waals surface area contributed by atoms with Crippen molar-refractivity contribution < 1.29 is 9.59 Å². The van der Waals surface area contributed by atoms with E-state index in [4.69, 9.17) is 5.73 Å². The molecule has 0 bridgehead atoms.